The van der Waals surface area contributed by atoms with Gasteiger partial charge in [0.15, 0.2) is 0 Å². The Morgan fingerprint density at radius 1 is 1.50 bits per heavy atom. The molecule has 1 aliphatic rings. The fourth-order valence-corrected chi connectivity index (χ4v) is 2.02. The molecule has 0 aliphatic heterocycles. The van der Waals surface area contributed by atoms with E-state index in [2.05, 4.69) is 5.32 Å². The van der Waals surface area contributed by atoms with Gasteiger partial charge in [-0.25, -0.2) is 0 Å². The Morgan fingerprint density at radius 3 is 3.00 bits per heavy atom. The van der Waals surface area contributed by atoms with Gasteiger partial charge in [-0.05, 0) is 24.1 Å². The van der Waals surface area contributed by atoms with Crippen molar-refractivity contribution in [1.29, 1.82) is 0 Å². The van der Waals surface area contributed by atoms with E-state index in [-0.39, 0.29) is 17.9 Å². The number of hydrogen-bond acceptors (Lipinski definition) is 3. The second-order valence-electron chi connectivity index (χ2n) is 4.46. The van der Waals surface area contributed by atoms with E-state index in [4.69, 9.17) is 10.5 Å². The Balaban J connectivity index is 1.87. The molecule has 18 heavy (non-hydrogen) atoms. The lowest BCUT2D eigenvalue weighted by Gasteiger charge is -2.11. The van der Waals surface area contributed by atoms with Crippen LogP contribution in [0.1, 0.15) is 12.0 Å². The number of benzene rings is 1. The maximum atomic E-state index is 11.9. The largest absolute Gasteiger partial charge is 0.497 e. The topological polar surface area (TPSA) is 64.3 Å². The Bertz CT molecular complexity index is 457. The van der Waals surface area contributed by atoms with Crippen LogP contribution in [0.4, 0.5) is 0 Å². The number of rotatable bonds is 4. The van der Waals surface area contributed by atoms with Crippen molar-refractivity contribution in [3.63, 3.8) is 0 Å². The zero-order chi connectivity index (χ0) is 13.0. The maximum absolute atomic E-state index is 11.9. The highest BCUT2D eigenvalue weighted by molar-refractivity contribution is 5.81. The van der Waals surface area contributed by atoms with Gasteiger partial charge in [0, 0.05) is 12.6 Å². The average molecular weight is 246 g/mol. The van der Waals surface area contributed by atoms with Crippen LogP contribution in [0.3, 0.4) is 0 Å². The molecule has 0 aromatic heterocycles. The zero-order valence-electron chi connectivity index (χ0n) is 10.4. The van der Waals surface area contributed by atoms with E-state index >= 15 is 0 Å². The smallest absolute Gasteiger partial charge is 0.227 e. The zero-order valence-corrected chi connectivity index (χ0v) is 10.4. The molecule has 1 amide bonds. The molecule has 2 atom stereocenters. The molecule has 0 radical (unpaired) electrons. The minimum atomic E-state index is -0.0920. The summed E-state index contributed by atoms with van der Waals surface area (Å²) in [6.45, 7) is 0.510. The Morgan fingerprint density at radius 2 is 2.33 bits per heavy atom. The summed E-state index contributed by atoms with van der Waals surface area (Å²) < 4.78 is 5.14. The van der Waals surface area contributed by atoms with Crippen molar-refractivity contribution < 1.29 is 9.53 Å². The third-order valence-electron chi connectivity index (χ3n) is 3.05. The quantitative estimate of drug-likeness (QED) is 0.785. The van der Waals surface area contributed by atoms with Crippen LogP contribution in [-0.4, -0.2) is 19.1 Å². The Hall–Kier alpha value is -1.81. The van der Waals surface area contributed by atoms with Gasteiger partial charge >= 0.3 is 0 Å². The summed E-state index contributed by atoms with van der Waals surface area (Å²) in [5, 5.41) is 2.91. The lowest BCUT2D eigenvalue weighted by Crippen LogP contribution is -2.30. The predicted octanol–water partition coefficient (Wildman–Crippen LogP) is 1.21. The number of amides is 1. The van der Waals surface area contributed by atoms with Crippen LogP contribution in [0.25, 0.3) is 0 Å². The summed E-state index contributed by atoms with van der Waals surface area (Å²) in [6, 6.07) is 7.67. The molecule has 3 N–H and O–H groups in total. The third-order valence-corrected chi connectivity index (χ3v) is 3.05. The standard InChI is InChI=1S/C14H18N2O2/c1-18-13-4-2-3-10(7-13)9-16-14(17)11-5-6-12(15)8-11/h2-7,11-12H,8-9,15H2,1H3,(H,16,17). The van der Waals surface area contributed by atoms with Crippen molar-refractivity contribution in [3.05, 3.63) is 42.0 Å². The van der Waals surface area contributed by atoms with Crippen molar-refractivity contribution in [2.45, 2.75) is 19.0 Å². The maximum Gasteiger partial charge on any atom is 0.227 e. The Kier molecular flexibility index (Phi) is 3.99. The molecule has 2 unspecified atom stereocenters. The molecule has 0 fully saturated rings. The van der Waals surface area contributed by atoms with Crippen LogP contribution in [-0.2, 0) is 11.3 Å². The molecule has 2 rings (SSSR count). The number of carbonyl (C=O) groups excluding carboxylic acids is 1. The highest BCUT2D eigenvalue weighted by atomic mass is 16.5. The number of methoxy groups -OCH3 is 1. The van der Waals surface area contributed by atoms with Crippen molar-refractivity contribution in [2.75, 3.05) is 7.11 Å². The van der Waals surface area contributed by atoms with E-state index in [0.717, 1.165) is 11.3 Å². The van der Waals surface area contributed by atoms with Gasteiger partial charge in [0.25, 0.3) is 0 Å². The van der Waals surface area contributed by atoms with E-state index in [9.17, 15) is 4.79 Å². The monoisotopic (exact) mass is 246 g/mol. The normalized spacial score (nSPS) is 21.9. The first-order chi connectivity index (χ1) is 8.69. The number of ether oxygens (including phenoxy) is 1. The van der Waals surface area contributed by atoms with E-state index in [1.54, 1.807) is 7.11 Å². The fourth-order valence-electron chi connectivity index (χ4n) is 2.02. The SMILES string of the molecule is COc1cccc(CNC(=O)C2C=CC(N)C2)c1. The first kappa shape index (κ1) is 12.6. The average Bonchev–Trinajstić information content (AvgIpc) is 2.83. The minimum absolute atomic E-state index is 0.0116. The van der Waals surface area contributed by atoms with Gasteiger partial charge in [-0.3, -0.25) is 4.79 Å². The molecule has 1 aromatic carbocycles. The van der Waals surface area contributed by atoms with E-state index in [1.807, 2.05) is 36.4 Å². The summed E-state index contributed by atoms with van der Waals surface area (Å²) in [5.74, 6) is 0.733. The molecule has 1 aliphatic carbocycles. The predicted molar refractivity (Wildman–Crippen MR) is 70.1 cm³/mol. The van der Waals surface area contributed by atoms with Gasteiger partial charge in [-0.2, -0.15) is 0 Å². The first-order valence-corrected chi connectivity index (χ1v) is 6.03. The van der Waals surface area contributed by atoms with Crippen molar-refractivity contribution >= 4 is 5.91 Å². The number of hydrogen-bond donors (Lipinski definition) is 2. The highest BCUT2D eigenvalue weighted by Crippen LogP contribution is 2.17. The van der Waals surface area contributed by atoms with Gasteiger partial charge in [0.1, 0.15) is 5.75 Å². The molecule has 0 spiro atoms. The molecule has 4 nitrogen and oxygen atoms in total. The summed E-state index contributed by atoms with van der Waals surface area (Å²) in [4.78, 5) is 11.9. The van der Waals surface area contributed by atoms with Crippen LogP contribution in [0.15, 0.2) is 36.4 Å². The van der Waals surface area contributed by atoms with Gasteiger partial charge in [-0.1, -0.05) is 24.3 Å². The number of nitrogens with two attached hydrogens (primary N) is 1. The van der Waals surface area contributed by atoms with Crippen molar-refractivity contribution in [3.8, 4) is 5.75 Å². The molecule has 1 aromatic rings. The molecular weight excluding hydrogens is 228 g/mol. The molecule has 0 heterocycles. The van der Waals surface area contributed by atoms with Gasteiger partial charge in [-0.15, -0.1) is 0 Å². The summed E-state index contributed by atoms with van der Waals surface area (Å²) in [5.41, 5.74) is 6.75. The van der Waals surface area contributed by atoms with Crippen LogP contribution >= 0.6 is 0 Å². The molecule has 96 valence electrons. The lowest BCUT2D eigenvalue weighted by molar-refractivity contribution is -0.123. The van der Waals surface area contributed by atoms with Gasteiger partial charge < -0.3 is 15.8 Å². The van der Waals surface area contributed by atoms with E-state index < -0.39 is 0 Å². The van der Waals surface area contributed by atoms with Crippen molar-refractivity contribution in [1.82, 2.24) is 5.32 Å². The van der Waals surface area contributed by atoms with Crippen LogP contribution < -0.4 is 15.8 Å². The van der Waals surface area contributed by atoms with E-state index in [0.29, 0.717) is 13.0 Å². The van der Waals surface area contributed by atoms with Crippen LogP contribution in [0, 0.1) is 5.92 Å². The molecule has 4 heteroatoms. The second kappa shape index (κ2) is 5.69. The first-order valence-electron chi connectivity index (χ1n) is 6.03. The van der Waals surface area contributed by atoms with E-state index in [1.165, 1.54) is 0 Å². The summed E-state index contributed by atoms with van der Waals surface area (Å²) >= 11 is 0. The van der Waals surface area contributed by atoms with Gasteiger partial charge in [0.2, 0.25) is 5.91 Å². The van der Waals surface area contributed by atoms with Crippen LogP contribution in [0.5, 0.6) is 5.75 Å². The fraction of sp³-hybridized carbons (Fsp3) is 0.357. The molecule has 0 saturated heterocycles. The summed E-state index contributed by atoms with van der Waals surface area (Å²) in [7, 11) is 1.63. The molecule has 0 bridgehead atoms. The third kappa shape index (κ3) is 3.11. The molecule has 0 saturated carbocycles. The Labute approximate surface area is 107 Å². The summed E-state index contributed by atoms with van der Waals surface area (Å²) in [6.07, 6.45) is 4.46. The molecular formula is C14H18N2O2. The van der Waals surface area contributed by atoms with Crippen molar-refractivity contribution in [2.24, 2.45) is 11.7 Å². The number of nitrogens with one attached hydrogen (secondary N) is 1. The lowest BCUT2D eigenvalue weighted by atomic mass is 10.1. The van der Waals surface area contributed by atoms with Gasteiger partial charge in [0.05, 0.1) is 13.0 Å². The van der Waals surface area contributed by atoms with Crippen LogP contribution in [0.2, 0.25) is 0 Å². The minimum Gasteiger partial charge on any atom is -0.497 e. The number of carbonyl (C=O) groups is 1. The second-order valence-corrected chi connectivity index (χ2v) is 4.46. The highest BCUT2D eigenvalue weighted by Gasteiger charge is 2.22.